The van der Waals surface area contributed by atoms with Crippen LogP contribution in [0.2, 0.25) is 0 Å². The quantitative estimate of drug-likeness (QED) is 0.749. The summed E-state index contributed by atoms with van der Waals surface area (Å²) < 4.78 is 0. The maximum atomic E-state index is 5.59. The molecule has 1 rings (SSSR count). The number of nitrogens with two attached hydrogens (primary N) is 1. The van der Waals surface area contributed by atoms with Gasteiger partial charge in [0.05, 0.1) is 5.69 Å². The van der Waals surface area contributed by atoms with Crippen LogP contribution in [0.15, 0.2) is 22.9 Å². The Morgan fingerprint density at radius 1 is 1.64 bits per heavy atom. The molecule has 0 aliphatic rings. The van der Waals surface area contributed by atoms with Gasteiger partial charge in [-0.15, -0.1) is 12.6 Å². The molecule has 1 aromatic rings. The van der Waals surface area contributed by atoms with Crippen molar-refractivity contribution in [2.75, 3.05) is 0 Å². The molecular formula is C11H16N2S. The van der Waals surface area contributed by atoms with Gasteiger partial charge in [0, 0.05) is 16.8 Å². The van der Waals surface area contributed by atoms with E-state index in [1.54, 1.807) is 6.20 Å². The summed E-state index contributed by atoms with van der Waals surface area (Å²) in [5, 5.41) is 0. The van der Waals surface area contributed by atoms with Crippen LogP contribution in [0.3, 0.4) is 0 Å². The third-order valence-electron chi connectivity index (χ3n) is 1.88. The third-order valence-corrected chi connectivity index (χ3v) is 2.28. The number of rotatable bonds is 3. The van der Waals surface area contributed by atoms with Gasteiger partial charge < -0.3 is 5.73 Å². The van der Waals surface area contributed by atoms with Gasteiger partial charge in [-0.1, -0.05) is 13.3 Å². The van der Waals surface area contributed by atoms with Gasteiger partial charge in [0.25, 0.3) is 0 Å². The number of hydrogen-bond acceptors (Lipinski definition) is 3. The Bertz CT molecular complexity index is 341. The van der Waals surface area contributed by atoms with Gasteiger partial charge in [-0.3, -0.25) is 4.98 Å². The molecule has 0 saturated heterocycles. The molecule has 2 N–H and O–H groups in total. The highest BCUT2D eigenvalue weighted by molar-refractivity contribution is 7.80. The Kier molecular flexibility index (Phi) is 4.01. The first-order valence-corrected chi connectivity index (χ1v) is 5.20. The first-order valence-electron chi connectivity index (χ1n) is 4.75. The van der Waals surface area contributed by atoms with Crippen molar-refractivity contribution in [1.29, 1.82) is 0 Å². The van der Waals surface area contributed by atoms with Crippen molar-refractivity contribution in [3.8, 4) is 0 Å². The summed E-state index contributed by atoms with van der Waals surface area (Å²) in [6.07, 6.45) is 5.80. The first kappa shape index (κ1) is 11.1. The lowest BCUT2D eigenvalue weighted by Crippen LogP contribution is -1.94. The number of thiol groups is 1. The summed E-state index contributed by atoms with van der Waals surface area (Å²) in [5.41, 5.74) is 8.50. The molecule has 14 heavy (non-hydrogen) atoms. The van der Waals surface area contributed by atoms with E-state index in [1.807, 2.05) is 19.1 Å². The van der Waals surface area contributed by atoms with Gasteiger partial charge in [-0.2, -0.15) is 0 Å². The van der Waals surface area contributed by atoms with Crippen LogP contribution in [-0.2, 0) is 6.42 Å². The van der Waals surface area contributed by atoms with Crippen LogP contribution in [0, 0.1) is 0 Å². The van der Waals surface area contributed by atoms with Crippen molar-refractivity contribution in [1.82, 2.24) is 4.98 Å². The minimum Gasteiger partial charge on any atom is -0.402 e. The lowest BCUT2D eigenvalue weighted by molar-refractivity contribution is 0.893. The van der Waals surface area contributed by atoms with E-state index in [0.717, 1.165) is 29.1 Å². The predicted octanol–water partition coefficient (Wildman–Crippen LogP) is 2.64. The van der Waals surface area contributed by atoms with Crippen LogP contribution in [0.1, 0.15) is 31.5 Å². The lowest BCUT2D eigenvalue weighted by Gasteiger charge is -2.04. The average molecular weight is 208 g/mol. The topological polar surface area (TPSA) is 38.9 Å². The van der Waals surface area contributed by atoms with E-state index in [0.29, 0.717) is 0 Å². The molecule has 0 aromatic carbocycles. The summed E-state index contributed by atoms with van der Waals surface area (Å²) in [6.45, 7) is 4.01. The van der Waals surface area contributed by atoms with Crippen molar-refractivity contribution in [3.63, 3.8) is 0 Å². The normalized spacial score (nSPS) is 11.8. The lowest BCUT2D eigenvalue weighted by atomic mass is 10.1. The molecule has 2 nitrogen and oxygen atoms in total. The van der Waals surface area contributed by atoms with Crippen LogP contribution in [0.5, 0.6) is 0 Å². The number of pyridine rings is 1. The Hall–Kier alpha value is -0.960. The highest BCUT2D eigenvalue weighted by atomic mass is 32.1. The molecule has 0 fully saturated rings. The number of aryl methyl sites for hydroxylation is 1. The molecule has 0 spiro atoms. The van der Waals surface area contributed by atoms with E-state index in [2.05, 4.69) is 24.5 Å². The zero-order valence-electron chi connectivity index (χ0n) is 8.62. The molecule has 0 radical (unpaired) electrons. The highest BCUT2D eigenvalue weighted by Crippen LogP contribution is 2.16. The molecule has 1 aromatic heterocycles. The van der Waals surface area contributed by atoms with Crippen LogP contribution < -0.4 is 5.73 Å². The second kappa shape index (κ2) is 5.05. The fraction of sp³-hybridized carbons (Fsp3) is 0.364. The minimum absolute atomic E-state index is 0.770. The SMILES string of the molecule is CCCc1cc(/C=C(/C)N)ncc1S. The monoisotopic (exact) mass is 208 g/mol. The van der Waals surface area contributed by atoms with Crippen LogP contribution in [0.4, 0.5) is 0 Å². The molecule has 0 bridgehead atoms. The number of aromatic nitrogens is 1. The van der Waals surface area contributed by atoms with E-state index >= 15 is 0 Å². The van der Waals surface area contributed by atoms with Gasteiger partial charge in [0.1, 0.15) is 0 Å². The summed E-state index contributed by atoms with van der Waals surface area (Å²) >= 11 is 4.36. The van der Waals surface area contributed by atoms with Crippen molar-refractivity contribution < 1.29 is 0 Å². The van der Waals surface area contributed by atoms with Crippen LogP contribution in [-0.4, -0.2) is 4.98 Å². The summed E-state index contributed by atoms with van der Waals surface area (Å²) in [5.74, 6) is 0. The van der Waals surface area contributed by atoms with Gasteiger partial charge in [-0.05, 0) is 31.1 Å². The Morgan fingerprint density at radius 2 is 2.36 bits per heavy atom. The maximum Gasteiger partial charge on any atom is 0.0650 e. The first-order chi connectivity index (χ1) is 6.63. The fourth-order valence-electron chi connectivity index (χ4n) is 1.29. The molecule has 0 aliphatic carbocycles. The predicted molar refractivity (Wildman–Crippen MR) is 63.3 cm³/mol. The van der Waals surface area contributed by atoms with E-state index < -0.39 is 0 Å². The fourth-order valence-corrected chi connectivity index (χ4v) is 1.52. The maximum absolute atomic E-state index is 5.59. The van der Waals surface area contributed by atoms with Crippen molar-refractivity contribution in [2.24, 2.45) is 5.73 Å². The van der Waals surface area contributed by atoms with E-state index in [-0.39, 0.29) is 0 Å². The van der Waals surface area contributed by atoms with Crippen molar-refractivity contribution >= 4 is 18.7 Å². The average Bonchev–Trinajstić information content (AvgIpc) is 2.10. The highest BCUT2D eigenvalue weighted by Gasteiger charge is 1.99. The third kappa shape index (κ3) is 3.07. The van der Waals surface area contributed by atoms with Crippen molar-refractivity contribution in [2.45, 2.75) is 31.6 Å². The molecule has 0 atom stereocenters. The Labute approximate surface area is 90.6 Å². The van der Waals surface area contributed by atoms with Gasteiger partial charge in [0.15, 0.2) is 0 Å². The molecular weight excluding hydrogens is 192 g/mol. The largest absolute Gasteiger partial charge is 0.402 e. The standard InChI is InChI=1S/C11H16N2S/c1-3-4-9-6-10(5-8(2)12)13-7-11(9)14/h5-7,14H,3-4,12H2,1-2H3/b8-5-. The van der Waals surface area contributed by atoms with Crippen molar-refractivity contribution in [3.05, 3.63) is 29.2 Å². The Balaban J connectivity index is 3.00. The van der Waals surface area contributed by atoms with Gasteiger partial charge in [-0.25, -0.2) is 0 Å². The number of nitrogens with zero attached hydrogens (tertiary/aromatic N) is 1. The second-order valence-electron chi connectivity index (χ2n) is 3.38. The van der Waals surface area contributed by atoms with Crippen LogP contribution >= 0.6 is 12.6 Å². The summed E-state index contributed by atoms with van der Waals surface area (Å²) in [7, 11) is 0. The van der Waals surface area contributed by atoms with E-state index in [9.17, 15) is 0 Å². The molecule has 0 amide bonds. The number of hydrogen-bond donors (Lipinski definition) is 2. The van der Waals surface area contributed by atoms with Gasteiger partial charge >= 0.3 is 0 Å². The second-order valence-corrected chi connectivity index (χ2v) is 3.86. The molecule has 0 saturated carbocycles. The minimum atomic E-state index is 0.770. The van der Waals surface area contributed by atoms with E-state index in [4.69, 9.17) is 5.73 Å². The molecule has 1 heterocycles. The summed E-state index contributed by atoms with van der Waals surface area (Å²) in [4.78, 5) is 5.19. The van der Waals surface area contributed by atoms with Crippen LogP contribution in [0.25, 0.3) is 6.08 Å². The van der Waals surface area contributed by atoms with Gasteiger partial charge in [0.2, 0.25) is 0 Å². The number of allylic oxidation sites excluding steroid dienone is 1. The molecule has 0 unspecified atom stereocenters. The van der Waals surface area contributed by atoms with E-state index in [1.165, 1.54) is 5.56 Å². The molecule has 3 heteroatoms. The molecule has 76 valence electrons. The zero-order valence-corrected chi connectivity index (χ0v) is 9.51. The molecule has 0 aliphatic heterocycles. The smallest absolute Gasteiger partial charge is 0.0650 e. The zero-order chi connectivity index (χ0) is 10.6. The summed E-state index contributed by atoms with van der Waals surface area (Å²) in [6, 6.07) is 2.04. The Morgan fingerprint density at radius 3 is 2.93 bits per heavy atom.